The number of piperazine rings is 1. The number of amides is 1. The maximum absolute atomic E-state index is 12.9. The molecule has 6 nitrogen and oxygen atoms in total. The number of aryl methyl sites for hydroxylation is 3. The lowest BCUT2D eigenvalue weighted by atomic mass is 10.1. The smallest absolute Gasteiger partial charge is 0.254 e. The molecule has 0 bridgehead atoms. The molecular weight excluding hydrogens is 406 g/mol. The summed E-state index contributed by atoms with van der Waals surface area (Å²) in [7, 11) is -3.51. The predicted octanol–water partition coefficient (Wildman–Crippen LogP) is 2.82. The van der Waals surface area contributed by atoms with Crippen molar-refractivity contribution in [3.63, 3.8) is 0 Å². The number of benzene rings is 1. The summed E-state index contributed by atoms with van der Waals surface area (Å²) in [4.78, 5) is 16.6. The Bertz CT molecular complexity index is 949. The lowest BCUT2D eigenvalue weighted by Gasteiger charge is -2.34. The topological polar surface area (TPSA) is 83.7 Å². The van der Waals surface area contributed by atoms with E-state index in [0.29, 0.717) is 42.3 Å². The number of sulfonamides is 1. The van der Waals surface area contributed by atoms with Crippen LogP contribution in [0.4, 0.5) is 5.69 Å². The number of nitrogen functional groups attached to an aromatic ring is 1. The van der Waals surface area contributed by atoms with Gasteiger partial charge in [0.25, 0.3) is 5.91 Å². The number of thiophene rings is 1. The second kappa shape index (κ2) is 8.18. The minimum atomic E-state index is -3.51. The first-order chi connectivity index (χ1) is 12.2. The number of carbonyl (C=O) groups is 1. The number of nitrogens with two attached hydrogens (primary N) is 1. The fourth-order valence-electron chi connectivity index (χ4n) is 3.17. The van der Waals surface area contributed by atoms with Crippen LogP contribution in [0.1, 0.15) is 25.7 Å². The summed E-state index contributed by atoms with van der Waals surface area (Å²) in [5, 5.41) is 0. The highest BCUT2D eigenvalue weighted by Gasteiger charge is 2.32. The molecular formula is C18H24ClN3O3S2. The van der Waals surface area contributed by atoms with Gasteiger partial charge < -0.3 is 10.6 Å². The zero-order valence-electron chi connectivity index (χ0n) is 15.6. The van der Waals surface area contributed by atoms with Gasteiger partial charge in [-0.1, -0.05) is 6.07 Å². The first-order valence-electron chi connectivity index (χ1n) is 8.42. The van der Waals surface area contributed by atoms with E-state index in [-0.39, 0.29) is 18.3 Å². The number of halogens is 1. The third kappa shape index (κ3) is 4.29. The number of carbonyl (C=O) groups excluding carboxylic acids is 1. The molecule has 0 unspecified atom stereocenters. The quantitative estimate of drug-likeness (QED) is 0.760. The van der Waals surface area contributed by atoms with E-state index in [1.54, 1.807) is 23.1 Å². The molecule has 2 heterocycles. The van der Waals surface area contributed by atoms with Gasteiger partial charge in [0.1, 0.15) is 0 Å². The molecule has 1 fully saturated rings. The molecule has 9 heteroatoms. The maximum atomic E-state index is 12.9. The molecule has 3 rings (SSSR count). The summed E-state index contributed by atoms with van der Waals surface area (Å²) >= 11 is 1.48. The average molecular weight is 430 g/mol. The molecule has 1 aliphatic rings. The van der Waals surface area contributed by atoms with Crippen LogP contribution >= 0.6 is 23.7 Å². The first kappa shape index (κ1) is 21.7. The average Bonchev–Trinajstić information content (AvgIpc) is 2.95. The molecule has 0 saturated carbocycles. The van der Waals surface area contributed by atoms with Crippen molar-refractivity contribution in [1.29, 1.82) is 0 Å². The minimum Gasteiger partial charge on any atom is -0.399 e. The molecule has 0 radical (unpaired) electrons. The van der Waals surface area contributed by atoms with Gasteiger partial charge in [-0.2, -0.15) is 4.31 Å². The molecule has 1 saturated heterocycles. The maximum Gasteiger partial charge on any atom is 0.254 e. The van der Waals surface area contributed by atoms with Crippen LogP contribution in [0.3, 0.4) is 0 Å². The van der Waals surface area contributed by atoms with Gasteiger partial charge in [-0.3, -0.25) is 4.79 Å². The number of hydrogen-bond acceptors (Lipinski definition) is 5. The highest BCUT2D eigenvalue weighted by atomic mass is 35.5. The Balaban J connectivity index is 0.00000261. The van der Waals surface area contributed by atoms with E-state index < -0.39 is 10.0 Å². The Labute approximate surface area is 170 Å². The third-order valence-corrected chi connectivity index (χ3v) is 7.75. The normalized spacial score (nSPS) is 15.4. The van der Waals surface area contributed by atoms with Gasteiger partial charge in [-0.25, -0.2) is 8.42 Å². The van der Waals surface area contributed by atoms with E-state index in [0.717, 1.165) is 15.3 Å². The zero-order valence-corrected chi connectivity index (χ0v) is 18.0. The summed E-state index contributed by atoms with van der Waals surface area (Å²) < 4.78 is 27.2. The second-order valence-corrected chi connectivity index (χ2v) is 9.91. The standard InChI is InChI=1S/C18H23N3O3S2.ClH/c1-12-4-5-15(19)11-16(12)18(22)20-6-8-21(9-7-20)26(23,24)17-10-13(2)25-14(17)3;/h4-5,10-11H,6-9,19H2,1-3H3;1H. The SMILES string of the molecule is Cc1cc(S(=O)(=O)N2CCN(C(=O)c3cc(N)ccc3C)CC2)c(C)s1.Cl. The lowest BCUT2D eigenvalue weighted by molar-refractivity contribution is 0.0697. The van der Waals surface area contributed by atoms with Gasteiger partial charge in [0.15, 0.2) is 0 Å². The van der Waals surface area contributed by atoms with Crippen LogP contribution in [-0.2, 0) is 10.0 Å². The Morgan fingerprint density at radius 1 is 1.07 bits per heavy atom. The van der Waals surface area contributed by atoms with Gasteiger partial charge in [-0.15, -0.1) is 23.7 Å². The van der Waals surface area contributed by atoms with Crippen molar-refractivity contribution in [3.8, 4) is 0 Å². The predicted molar refractivity (Wildman–Crippen MR) is 111 cm³/mol. The van der Waals surface area contributed by atoms with Crippen molar-refractivity contribution in [1.82, 2.24) is 9.21 Å². The fourth-order valence-corrected chi connectivity index (χ4v) is 6.12. The molecule has 1 aromatic heterocycles. The highest BCUT2D eigenvalue weighted by Crippen LogP contribution is 2.28. The van der Waals surface area contributed by atoms with Crippen LogP contribution in [0.15, 0.2) is 29.2 Å². The number of rotatable bonds is 3. The van der Waals surface area contributed by atoms with Crippen molar-refractivity contribution in [3.05, 3.63) is 45.1 Å². The van der Waals surface area contributed by atoms with Crippen molar-refractivity contribution < 1.29 is 13.2 Å². The zero-order chi connectivity index (χ0) is 19.1. The molecule has 0 spiro atoms. The molecule has 2 N–H and O–H groups in total. The summed E-state index contributed by atoms with van der Waals surface area (Å²) in [5.74, 6) is -0.102. The van der Waals surface area contributed by atoms with E-state index in [1.165, 1.54) is 15.6 Å². The molecule has 2 aromatic rings. The molecule has 0 aliphatic carbocycles. The van der Waals surface area contributed by atoms with Gasteiger partial charge in [0.05, 0.1) is 4.90 Å². The molecule has 27 heavy (non-hydrogen) atoms. The fraction of sp³-hybridized carbons (Fsp3) is 0.389. The Morgan fingerprint density at radius 2 is 1.70 bits per heavy atom. The summed E-state index contributed by atoms with van der Waals surface area (Å²) in [6.07, 6.45) is 0. The Morgan fingerprint density at radius 3 is 2.26 bits per heavy atom. The molecule has 148 valence electrons. The largest absolute Gasteiger partial charge is 0.399 e. The Hall–Kier alpha value is -1.61. The van der Waals surface area contributed by atoms with Gasteiger partial charge in [0, 0.05) is 47.2 Å². The van der Waals surface area contributed by atoms with Crippen LogP contribution in [0.5, 0.6) is 0 Å². The van der Waals surface area contributed by atoms with E-state index in [1.807, 2.05) is 26.8 Å². The van der Waals surface area contributed by atoms with E-state index in [2.05, 4.69) is 0 Å². The Kier molecular flexibility index (Phi) is 6.57. The van der Waals surface area contributed by atoms with E-state index in [9.17, 15) is 13.2 Å². The minimum absolute atomic E-state index is 0. The second-order valence-electron chi connectivity index (χ2n) is 6.55. The van der Waals surface area contributed by atoms with Crippen LogP contribution < -0.4 is 5.73 Å². The van der Waals surface area contributed by atoms with Crippen LogP contribution in [0, 0.1) is 20.8 Å². The van der Waals surface area contributed by atoms with Crippen molar-refractivity contribution in [2.45, 2.75) is 25.7 Å². The summed E-state index contributed by atoms with van der Waals surface area (Å²) in [5.41, 5.74) is 7.78. The van der Waals surface area contributed by atoms with E-state index in [4.69, 9.17) is 5.73 Å². The van der Waals surface area contributed by atoms with Crippen LogP contribution in [-0.4, -0.2) is 49.7 Å². The van der Waals surface area contributed by atoms with Crippen LogP contribution in [0.25, 0.3) is 0 Å². The van der Waals surface area contributed by atoms with Gasteiger partial charge in [0.2, 0.25) is 10.0 Å². The number of nitrogens with zero attached hydrogens (tertiary/aromatic N) is 2. The van der Waals surface area contributed by atoms with Crippen molar-refractivity contribution >= 4 is 45.4 Å². The molecule has 1 aliphatic heterocycles. The monoisotopic (exact) mass is 429 g/mol. The van der Waals surface area contributed by atoms with Gasteiger partial charge in [-0.05, 0) is 44.5 Å². The number of anilines is 1. The molecule has 0 atom stereocenters. The third-order valence-electron chi connectivity index (χ3n) is 4.63. The lowest BCUT2D eigenvalue weighted by Crippen LogP contribution is -2.50. The summed E-state index contributed by atoms with van der Waals surface area (Å²) in [6.45, 7) is 6.93. The molecule has 1 amide bonds. The molecule has 1 aromatic carbocycles. The highest BCUT2D eigenvalue weighted by molar-refractivity contribution is 7.89. The van der Waals surface area contributed by atoms with Crippen LogP contribution in [0.2, 0.25) is 0 Å². The first-order valence-corrected chi connectivity index (χ1v) is 10.7. The van der Waals surface area contributed by atoms with Crippen molar-refractivity contribution in [2.24, 2.45) is 0 Å². The summed E-state index contributed by atoms with van der Waals surface area (Å²) in [6, 6.07) is 6.99. The van der Waals surface area contributed by atoms with Gasteiger partial charge >= 0.3 is 0 Å². The number of hydrogen-bond donors (Lipinski definition) is 1. The van der Waals surface area contributed by atoms with E-state index >= 15 is 0 Å². The van der Waals surface area contributed by atoms with Crippen molar-refractivity contribution in [2.75, 3.05) is 31.9 Å².